The first-order valence-corrected chi connectivity index (χ1v) is 13.0. The predicted molar refractivity (Wildman–Crippen MR) is 143 cm³/mol. The molecule has 0 unspecified atom stereocenters. The fourth-order valence-electron chi connectivity index (χ4n) is 4.78. The second-order valence-corrected chi connectivity index (χ2v) is 9.88. The summed E-state index contributed by atoms with van der Waals surface area (Å²) >= 11 is 5.93. The minimum absolute atomic E-state index is 0.152. The van der Waals surface area contributed by atoms with Crippen LogP contribution in [-0.2, 0) is 25.7 Å². The SMILES string of the molecule is O=C(NCc1ccnc(Cl)c1)n1c2c(c3cc(OC(F)(F)F)ccc31)CN(CC=Cc1ccc(C(F)(F)F)cn1)CC2. The lowest BCUT2D eigenvalue weighted by atomic mass is 10.0. The van der Waals surface area contributed by atoms with Gasteiger partial charge < -0.3 is 10.1 Å². The standard InChI is InChI=1S/C28H22ClF6N5O2/c29-25-12-17(7-9-36-25)14-38-26(41)40-23-6-5-20(42-28(33,34)35)13-21(23)22-16-39(11-8-24(22)40)10-1-2-19-4-3-18(15-37-19)27(30,31)32/h1-7,9,12-13,15H,8,10-11,14,16H2,(H,38,41). The Kier molecular flexibility index (Phi) is 8.15. The van der Waals surface area contributed by atoms with Crippen molar-refractivity contribution >= 4 is 34.6 Å². The van der Waals surface area contributed by atoms with Crippen molar-refractivity contribution in [3.8, 4) is 5.75 Å². The number of carbonyl (C=O) groups excluding carboxylic acids is 1. The molecule has 1 N–H and O–H groups in total. The van der Waals surface area contributed by atoms with E-state index in [1.807, 2.05) is 4.90 Å². The Labute approximate surface area is 240 Å². The van der Waals surface area contributed by atoms with E-state index in [-0.39, 0.29) is 11.7 Å². The highest BCUT2D eigenvalue weighted by Crippen LogP contribution is 2.35. The summed E-state index contributed by atoms with van der Waals surface area (Å²) in [6.45, 7) is 1.38. The lowest BCUT2D eigenvalue weighted by Crippen LogP contribution is -2.34. The second-order valence-electron chi connectivity index (χ2n) is 9.49. The second kappa shape index (κ2) is 11.6. The molecule has 220 valence electrons. The highest BCUT2D eigenvalue weighted by Gasteiger charge is 2.33. The van der Waals surface area contributed by atoms with Crippen LogP contribution in [0, 0.1) is 0 Å². The highest BCUT2D eigenvalue weighted by molar-refractivity contribution is 6.29. The lowest BCUT2D eigenvalue weighted by molar-refractivity contribution is -0.274. The van der Waals surface area contributed by atoms with E-state index in [2.05, 4.69) is 20.0 Å². The molecule has 3 aromatic heterocycles. The van der Waals surface area contributed by atoms with E-state index >= 15 is 0 Å². The highest BCUT2D eigenvalue weighted by atomic mass is 35.5. The van der Waals surface area contributed by atoms with Crippen LogP contribution in [0.15, 0.2) is 60.9 Å². The lowest BCUT2D eigenvalue weighted by Gasteiger charge is -2.27. The summed E-state index contributed by atoms with van der Waals surface area (Å²) in [6, 6.07) is 8.90. The molecule has 1 aromatic carbocycles. The van der Waals surface area contributed by atoms with Crippen molar-refractivity contribution in [2.75, 3.05) is 13.1 Å². The molecule has 0 saturated heterocycles. The zero-order valence-corrected chi connectivity index (χ0v) is 22.4. The molecular formula is C28H22ClF6N5O2. The normalized spacial score (nSPS) is 14.4. The molecule has 0 atom stereocenters. The molecule has 42 heavy (non-hydrogen) atoms. The van der Waals surface area contributed by atoms with E-state index in [1.165, 1.54) is 29.0 Å². The number of fused-ring (bicyclic) bond motifs is 3. The third-order valence-corrected chi connectivity index (χ3v) is 6.84. The molecule has 5 rings (SSSR count). The van der Waals surface area contributed by atoms with E-state index in [9.17, 15) is 31.1 Å². The maximum atomic E-state index is 13.3. The molecule has 0 saturated carbocycles. The van der Waals surface area contributed by atoms with Crippen molar-refractivity contribution in [1.29, 1.82) is 0 Å². The van der Waals surface area contributed by atoms with Gasteiger partial charge in [-0.2, -0.15) is 13.2 Å². The predicted octanol–water partition coefficient (Wildman–Crippen LogP) is 6.83. The maximum absolute atomic E-state index is 13.3. The van der Waals surface area contributed by atoms with E-state index in [4.69, 9.17) is 11.6 Å². The number of alkyl halides is 6. The Morgan fingerprint density at radius 3 is 2.57 bits per heavy atom. The molecule has 1 aliphatic rings. The smallest absolute Gasteiger partial charge is 0.406 e. The zero-order chi connectivity index (χ0) is 30.1. The molecule has 0 fully saturated rings. The first-order valence-electron chi connectivity index (χ1n) is 12.6. The molecule has 0 radical (unpaired) electrons. The van der Waals surface area contributed by atoms with Crippen LogP contribution in [0.25, 0.3) is 17.0 Å². The van der Waals surface area contributed by atoms with Crippen LogP contribution in [0.2, 0.25) is 5.15 Å². The van der Waals surface area contributed by atoms with Crippen molar-refractivity contribution in [3.05, 3.63) is 94.2 Å². The van der Waals surface area contributed by atoms with Crippen LogP contribution in [-0.4, -0.2) is 44.9 Å². The summed E-state index contributed by atoms with van der Waals surface area (Å²) in [5.41, 5.74) is 1.97. The summed E-state index contributed by atoms with van der Waals surface area (Å²) in [6.07, 6.45) is -3.35. The summed E-state index contributed by atoms with van der Waals surface area (Å²) in [5, 5.41) is 3.53. The topological polar surface area (TPSA) is 72.3 Å². The fraction of sp³-hybridized carbons (Fsp3) is 0.250. The molecule has 4 heterocycles. The summed E-state index contributed by atoms with van der Waals surface area (Å²) < 4.78 is 82.8. The van der Waals surface area contributed by atoms with Gasteiger partial charge in [0.05, 0.1) is 16.8 Å². The molecule has 14 heteroatoms. The van der Waals surface area contributed by atoms with Crippen molar-refractivity contribution in [2.45, 2.75) is 32.0 Å². The van der Waals surface area contributed by atoms with Crippen LogP contribution in [0.1, 0.15) is 28.1 Å². The molecule has 0 aliphatic carbocycles. The molecule has 1 aliphatic heterocycles. The Morgan fingerprint density at radius 1 is 1.07 bits per heavy atom. The van der Waals surface area contributed by atoms with Crippen molar-refractivity contribution < 1.29 is 35.9 Å². The van der Waals surface area contributed by atoms with Crippen LogP contribution >= 0.6 is 11.6 Å². The average Bonchev–Trinajstić information content (AvgIpc) is 3.24. The molecule has 4 aromatic rings. The van der Waals surface area contributed by atoms with Gasteiger partial charge >= 0.3 is 18.6 Å². The van der Waals surface area contributed by atoms with Gasteiger partial charge in [0.1, 0.15) is 10.9 Å². The van der Waals surface area contributed by atoms with Crippen LogP contribution in [0.5, 0.6) is 5.75 Å². The summed E-state index contributed by atoms with van der Waals surface area (Å²) in [5.74, 6) is -0.410. The van der Waals surface area contributed by atoms with Gasteiger partial charge in [0.15, 0.2) is 0 Å². The number of rotatable bonds is 6. The van der Waals surface area contributed by atoms with Gasteiger partial charge in [0.25, 0.3) is 0 Å². The van der Waals surface area contributed by atoms with Gasteiger partial charge in [-0.3, -0.25) is 14.5 Å². The first kappa shape index (κ1) is 29.4. The number of pyridine rings is 2. The minimum Gasteiger partial charge on any atom is -0.406 e. The number of hydrogen-bond donors (Lipinski definition) is 1. The largest absolute Gasteiger partial charge is 0.573 e. The number of carbonyl (C=O) groups is 1. The van der Waals surface area contributed by atoms with Crippen molar-refractivity contribution in [3.63, 3.8) is 0 Å². The molecule has 1 amide bonds. The Bertz CT molecular complexity index is 1630. The fourth-order valence-corrected chi connectivity index (χ4v) is 4.98. The van der Waals surface area contributed by atoms with E-state index in [0.29, 0.717) is 53.9 Å². The van der Waals surface area contributed by atoms with E-state index < -0.39 is 29.9 Å². The number of nitrogens with zero attached hydrogens (tertiary/aromatic N) is 4. The number of halogens is 7. The van der Waals surface area contributed by atoms with Gasteiger partial charge in [-0.05, 0) is 59.7 Å². The van der Waals surface area contributed by atoms with E-state index in [0.717, 1.165) is 23.9 Å². The van der Waals surface area contributed by atoms with Crippen molar-refractivity contribution in [2.24, 2.45) is 0 Å². The Balaban J connectivity index is 1.38. The zero-order valence-electron chi connectivity index (χ0n) is 21.6. The minimum atomic E-state index is -4.89. The van der Waals surface area contributed by atoms with Crippen molar-refractivity contribution in [1.82, 2.24) is 24.8 Å². The maximum Gasteiger partial charge on any atom is 0.573 e. The number of ether oxygens (including phenoxy) is 1. The molecule has 0 spiro atoms. The van der Waals surface area contributed by atoms with Gasteiger partial charge in [0, 0.05) is 56.1 Å². The van der Waals surface area contributed by atoms with Gasteiger partial charge in [-0.1, -0.05) is 17.7 Å². The number of benzene rings is 1. The van der Waals surface area contributed by atoms with Crippen LogP contribution in [0.4, 0.5) is 31.1 Å². The molecule has 7 nitrogen and oxygen atoms in total. The summed E-state index contributed by atoms with van der Waals surface area (Å²) in [4.78, 5) is 23.1. The van der Waals surface area contributed by atoms with Crippen LogP contribution < -0.4 is 10.1 Å². The molecular weight excluding hydrogens is 588 g/mol. The van der Waals surface area contributed by atoms with Gasteiger partial charge in [0.2, 0.25) is 0 Å². The van der Waals surface area contributed by atoms with Crippen LogP contribution in [0.3, 0.4) is 0 Å². The number of amides is 1. The Morgan fingerprint density at radius 2 is 1.88 bits per heavy atom. The third-order valence-electron chi connectivity index (χ3n) is 6.64. The number of nitrogens with one attached hydrogen (secondary N) is 1. The summed E-state index contributed by atoms with van der Waals surface area (Å²) in [7, 11) is 0. The number of hydrogen-bond acceptors (Lipinski definition) is 5. The van der Waals surface area contributed by atoms with Gasteiger partial charge in [-0.15, -0.1) is 13.2 Å². The number of aromatic nitrogens is 3. The molecule has 0 bridgehead atoms. The third kappa shape index (κ3) is 6.85. The van der Waals surface area contributed by atoms with E-state index in [1.54, 1.807) is 24.3 Å². The monoisotopic (exact) mass is 609 g/mol. The average molecular weight is 610 g/mol. The van der Waals surface area contributed by atoms with Gasteiger partial charge in [-0.25, -0.2) is 9.78 Å². The first-order chi connectivity index (χ1) is 19.9. The quantitative estimate of drug-likeness (QED) is 0.192. The Hall–Kier alpha value is -4.10.